The Labute approximate surface area is 89.7 Å². The van der Waals surface area contributed by atoms with Crippen molar-refractivity contribution in [2.24, 2.45) is 7.05 Å². The average molecular weight is 205 g/mol. The minimum atomic E-state index is -0.125. The lowest BCUT2D eigenvalue weighted by Gasteiger charge is -2.02. The zero-order chi connectivity index (χ0) is 11.3. The maximum Gasteiger partial charge on any atom is 0.269 e. The Hall–Kier alpha value is -1.76. The maximum absolute atomic E-state index is 11.6. The number of nitrogens with zero attached hydrogens (tertiary/aromatic N) is 2. The van der Waals surface area contributed by atoms with Crippen molar-refractivity contribution in [3.05, 3.63) is 17.5 Å². The normalized spacial score (nSPS) is 9.67. The Bertz CT molecular complexity index is 387. The fourth-order valence-corrected chi connectivity index (χ4v) is 1.25. The van der Waals surface area contributed by atoms with Gasteiger partial charge in [-0.05, 0) is 12.5 Å². The smallest absolute Gasteiger partial charge is 0.269 e. The lowest BCUT2D eigenvalue weighted by atomic mass is 10.3. The molecule has 4 heteroatoms. The number of carbonyl (C=O) groups excluding carboxylic acids is 1. The van der Waals surface area contributed by atoms with Gasteiger partial charge >= 0.3 is 0 Å². The molecule has 0 aromatic carbocycles. The highest BCUT2D eigenvalue weighted by Gasteiger charge is 2.11. The van der Waals surface area contributed by atoms with Crippen LogP contribution in [0.3, 0.4) is 0 Å². The highest BCUT2D eigenvalue weighted by atomic mass is 16.2. The fourth-order valence-electron chi connectivity index (χ4n) is 1.25. The first-order chi connectivity index (χ1) is 7.19. The van der Waals surface area contributed by atoms with Crippen LogP contribution >= 0.6 is 0 Å². The molecule has 1 heterocycles. The van der Waals surface area contributed by atoms with Crippen LogP contribution in [-0.4, -0.2) is 22.2 Å². The van der Waals surface area contributed by atoms with Crippen LogP contribution in [0.25, 0.3) is 0 Å². The SMILES string of the molecule is C#CCCNC(=O)c1cc(CC)nn1C. The predicted molar refractivity (Wildman–Crippen MR) is 58.4 cm³/mol. The summed E-state index contributed by atoms with van der Waals surface area (Å²) in [6.07, 6.45) is 6.46. The molecule has 0 saturated heterocycles. The van der Waals surface area contributed by atoms with E-state index in [-0.39, 0.29) is 5.91 Å². The number of terminal acetylenes is 1. The first kappa shape index (κ1) is 11.3. The van der Waals surface area contributed by atoms with Crippen LogP contribution in [0.2, 0.25) is 0 Å². The molecule has 80 valence electrons. The van der Waals surface area contributed by atoms with E-state index < -0.39 is 0 Å². The van der Waals surface area contributed by atoms with E-state index >= 15 is 0 Å². The first-order valence-corrected chi connectivity index (χ1v) is 4.93. The van der Waals surface area contributed by atoms with E-state index in [9.17, 15) is 4.79 Å². The van der Waals surface area contributed by atoms with Crippen molar-refractivity contribution < 1.29 is 4.79 Å². The van der Waals surface area contributed by atoms with E-state index in [1.54, 1.807) is 17.8 Å². The van der Waals surface area contributed by atoms with Crippen molar-refractivity contribution in [1.29, 1.82) is 0 Å². The molecular formula is C11H15N3O. The molecule has 1 rings (SSSR count). The van der Waals surface area contributed by atoms with E-state index in [0.29, 0.717) is 18.7 Å². The quantitative estimate of drug-likeness (QED) is 0.582. The average Bonchev–Trinajstić information content (AvgIpc) is 2.60. The molecule has 4 nitrogen and oxygen atoms in total. The van der Waals surface area contributed by atoms with Crippen molar-refractivity contribution in [3.63, 3.8) is 0 Å². The monoisotopic (exact) mass is 205 g/mol. The number of hydrogen-bond acceptors (Lipinski definition) is 2. The number of aromatic nitrogens is 2. The second-order valence-electron chi connectivity index (χ2n) is 3.21. The van der Waals surface area contributed by atoms with Crippen molar-refractivity contribution in [2.75, 3.05) is 6.54 Å². The molecule has 0 saturated carbocycles. The number of carbonyl (C=O) groups is 1. The maximum atomic E-state index is 11.6. The van der Waals surface area contributed by atoms with Gasteiger partial charge < -0.3 is 5.32 Å². The second-order valence-corrected chi connectivity index (χ2v) is 3.21. The standard InChI is InChI=1S/C11H15N3O/c1-4-6-7-12-11(15)10-8-9(5-2)13-14(10)3/h1,8H,5-7H2,2-3H3,(H,12,15). The largest absolute Gasteiger partial charge is 0.350 e. The Balaban J connectivity index is 2.65. The number of rotatable bonds is 4. The molecule has 0 spiro atoms. The molecule has 0 aliphatic rings. The molecule has 1 aromatic heterocycles. The molecule has 0 bridgehead atoms. The summed E-state index contributed by atoms with van der Waals surface area (Å²) in [5.41, 5.74) is 1.49. The van der Waals surface area contributed by atoms with Crippen LogP contribution in [0.4, 0.5) is 0 Å². The molecule has 0 fully saturated rings. The van der Waals surface area contributed by atoms with E-state index in [1.165, 1.54) is 0 Å². The van der Waals surface area contributed by atoms with Crippen LogP contribution in [0.1, 0.15) is 29.5 Å². The van der Waals surface area contributed by atoms with Gasteiger partial charge in [-0.3, -0.25) is 9.48 Å². The summed E-state index contributed by atoms with van der Waals surface area (Å²) >= 11 is 0. The van der Waals surface area contributed by atoms with Crippen LogP contribution in [-0.2, 0) is 13.5 Å². The Kier molecular flexibility index (Phi) is 3.92. The number of amides is 1. The third kappa shape index (κ3) is 2.84. The van der Waals surface area contributed by atoms with Crippen LogP contribution < -0.4 is 5.32 Å². The van der Waals surface area contributed by atoms with Crippen LogP contribution in [0.5, 0.6) is 0 Å². The summed E-state index contributed by atoms with van der Waals surface area (Å²) in [6.45, 7) is 2.50. The Morgan fingerprint density at radius 3 is 3.00 bits per heavy atom. The third-order valence-electron chi connectivity index (χ3n) is 2.08. The first-order valence-electron chi connectivity index (χ1n) is 4.93. The van der Waals surface area contributed by atoms with Gasteiger partial charge in [-0.25, -0.2) is 0 Å². The molecule has 1 aromatic rings. The molecule has 0 aliphatic carbocycles. The van der Waals surface area contributed by atoms with Gasteiger partial charge in [-0.2, -0.15) is 5.10 Å². The summed E-state index contributed by atoms with van der Waals surface area (Å²) < 4.78 is 1.59. The van der Waals surface area contributed by atoms with E-state index in [4.69, 9.17) is 6.42 Å². The molecule has 1 amide bonds. The van der Waals surface area contributed by atoms with Crippen LogP contribution in [0.15, 0.2) is 6.07 Å². The minimum Gasteiger partial charge on any atom is -0.350 e. The molecule has 15 heavy (non-hydrogen) atoms. The zero-order valence-corrected chi connectivity index (χ0v) is 9.08. The summed E-state index contributed by atoms with van der Waals surface area (Å²) in [6, 6.07) is 1.80. The molecule has 0 radical (unpaired) electrons. The van der Waals surface area contributed by atoms with Crippen molar-refractivity contribution in [2.45, 2.75) is 19.8 Å². The lowest BCUT2D eigenvalue weighted by molar-refractivity contribution is 0.0945. The van der Waals surface area contributed by atoms with Gasteiger partial charge in [0, 0.05) is 20.0 Å². The van der Waals surface area contributed by atoms with E-state index in [1.807, 2.05) is 6.92 Å². The van der Waals surface area contributed by atoms with Crippen molar-refractivity contribution >= 4 is 5.91 Å². The summed E-state index contributed by atoms with van der Waals surface area (Å²) in [4.78, 5) is 11.6. The van der Waals surface area contributed by atoms with Gasteiger partial charge in [0.05, 0.1) is 5.69 Å². The summed E-state index contributed by atoms with van der Waals surface area (Å²) in [7, 11) is 1.76. The van der Waals surface area contributed by atoms with E-state index in [0.717, 1.165) is 12.1 Å². The lowest BCUT2D eigenvalue weighted by Crippen LogP contribution is -2.26. The van der Waals surface area contributed by atoms with Gasteiger partial charge in [0.1, 0.15) is 5.69 Å². The molecule has 1 N–H and O–H groups in total. The summed E-state index contributed by atoms with van der Waals surface area (Å²) in [5, 5.41) is 6.93. The number of nitrogens with one attached hydrogen (secondary N) is 1. The highest BCUT2D eigenvalue weighted by Crippen LogP contribution is 2.03. The second kappa shape index (κ2) is 5.20. The fraction of sp³-hybridized carbons (Fsp3) is 0.455. The van der Waals surface area contributed by atoms with Gasteiger partial charge in [0.2, 0.25) is 0 Å². The molecule has 0 atom stereocenters. The molecule has 0 unspecified atom stereocenters. The van der Waals surface area contributed by atoms with Gasteiger partial charge in [-0.15, -0.1) is 12.3 Å². The Morgan fingerprint density at radius 1 is 1.73 bits per heavy atom. The van der Waals surface area contributed by atoms with Gasteiger partial charge in [0.25, 0.3) is 5.91 Å². The number of hydrogen-bond donors (Lipinski definition) is 1. The zero-order valence-electron chi connectivity index (χ0n) is 9.08. The van der Waals surface area contributed by atoms with Crippen molar-refractivity contribution in [1.82, 2.24) is 15.1 Å². The van der Waals surface area contributed by atoms with Gasteiger partial charge in [0.15, 0.2) is 0 Å². The number of aryl methyl sites for hydroxylation is 2. The third-order valence-corrected chi connectivity index (χ3v) is 2.08. The van der Waals surface area contributed by atoms with Crippen molar-refractivity contribution in [3.8, 4) is 12.3 Å². The summed E-state index contributed by atoms with van der Waals surface area (Å²) in [5.74, 6) is 2.34. The van der Waals surface area contributed by atoms with Crippen LogP contribution in [0, 0.1) is 12.3 Å². The molecule has 0 aliphatic heterocycles. The minimum absolute atomic E-state index is 0.125. The molecular weight excluding hydrogens is 190 g/mol. The predicted octanol–water partition coefficient (Wildman–Crippen LogP) is 0.736. The van der Waals surface area contributed by atoms with Gasteiger partial charge in [-0.1, -0.05) is 6.92 Å². The van der Waals surface area contributed by atoms with E-state index in [2.05, 4.69) is 16.3 Å². The highest BCUT2D eigenvalue weighted by molar-refractivity contribution is 5.92. The Morgan fingerprint density at radius 2 is 2.47 bits per heavy atom. The topological polar surface area (TPSA) is 46.9 Å².